The van der Waals surface area contributed by atoms with Gasteiger partial charge in [0.25, 0.3) is 13.0 Å². The van der Waals surface area contributed by atoms with Gasteiger partial charge in [0.2, 0.25) is 0 Å². The van der Waals surface area contributed by atoms with Gasteiger partial charge in [-0.15, -0.1) is 0 Å². The Bertz CT molecular complexity index is 1480. The number of nitrogens with zero attached hydrogens (tertiary/aromatic N) is 5. The topological polar surface area (TPSA) is 69.5 Å². The number of amides is 1. The van der Waals surface area contributed by atoms with Gasteiger partial charge in [0.1, 0.15) is 17.2 Å². The number of aromatic amines is 1. The highest BCUT2D eigenvalue weighted by Crippen LogP contribution is 2.30. The highest BCUT2D eigenvalue weighted by molar-refractivity contribution is 5.95. The Balaban J connectivity index is 1.15. The first-order chi connectivity index (χ1) is 18.2. The number of hydrogen-bond acceptors (Lipinski definition) is 4. The number of imidazole rings is 1. The maximum atomic E-state index is 13.4. The lowest BCUT2D eigenvalue weighted by Crippen LogP contribution is -2.37. The van der Waals surface area contributed by atoms with Gasteiger partial charge in [0.15, 0.2) is 0 Å². The molecule has 2 aliphatic rings. The summed E-state index contributed by atoms with van der Waals surface area (Å²) in [5.74, 6) is 2.30. The minimum absolute atomic E-state index is 0.0819. The second-order valence-corrected chi connectivity index (χ2v) is 9.94. The van der Waals surface area contributed by atoms with Crippen LogP contribution < -0.4 is 4.90 Å². The van der Waals surface area contributed by atoms with E-state index >= 15 is 0 Å². The van der Waals surface area contributed by atoms with Crippen LogP contribution in [0.1, 0.15) is 53.1 Å². The predicted molar refractivity (Wildman–Crippen MR) is 147 cm³/mol. The molecule has 7 heteroatoms. The van der Waals surface area contributed by atoms with Crippen LogP contribution in [0.5, 0.6) is 0 Å². The molecule has 1 amide bonds. The van der Waals surface area contributed by atoms with Crippen molar-refractivity contribution in [1.82, 2.24) is 19.9 Å². The second-order valence-electron chi connectivity index (χ2n) is 9.94. The van der Waals surface area contributed by atoms with Gasteiger partial charge < -0.3 is 14.8 Å². The highest BCUT2D eigenvalue weighted by atomic mass is 16.2. The summed E-state index contributed by atoms with van der Waals surface area (Å²) in [6.07, 6.45) is 6.22. The molecule has 0 saturated carbocycles. The molecule has 0 aliphatic carbocycles. The molecule has 2 aliphatic heterocycles. The molecule has 0 spiro atoms. The van der Waals surface area contributed by atoms with E-state index in [4.69, 9.17) is 4.98 Å². The zero-order valence-corrected chi connectivity index (χ0v) is 21.2. The Hall–Kier alpha value is -4.18. The van der Waals surface area contributed by atoms with Crippen LogP contribution in [0.3, 0.4) is 0 Å². The number of anilines is 1. The number of fused-ring (bicyclic) bond motifs is 1. The maximum absolute atomic E-state index is 13.4. The van der Waals surface area contributed by atoms with Crippen LogP contribution in [0.2, 0.25) is 0 Å². The number of rotatable bonds is 4. The summed E-state index contributed by atoms with van der Waals surface area (Å²) in [7, 11) is 1.73. The van der Waals surface area contributed by atoms with Gasteiger partial charge >= 0.3 is 6.07 Å². The third-order valence-corrected chi connectivity index (χ3v) is 7.57. The molecule has 2 aromatic heterocycles. The molecule has 6 rings (SSSR count). The summed E-state index contributed by atoms with van der Waals surface area (Å²) in [6, 6.07) is 21.3. The normalized spacial score (nSPS) is 16.1. The van der Waals surface area contributed by atoms with E-state index in [1.54, 1.807) is 7.05 Å². The van der Waals surface area contributed by atoms with Crippen molar-refractivity contribution in [3.8, 4) is 17.5 Å². The second kappa shape index (κ2) is 10.1. The minimum Gasteiger partial charge on any atom is -0.357 e. The average Bonchev–Trinajstić information content (AvgIpc) is 3.64. The molecule has 37 heavy (non-hydrogen) atoms. The molecule has 4 aromatic rings. The van der Waals surface area contributed by atoms with Crippen LogP contribution in [0.4, 0.5) is 5.82 Å². The van der Waals surface area contributed by atoms with Gasteiger partial charge in [0, 0.05) is 43.4 Å². The molecule has 0 unspecified atom stereocenters. The smallest absolute Gasteiger partial charge is 0.310 e. The van der Waals surface area contributed by atoms with Gasteiger partial charge in [0.05, 0.1) is 17.2 Å². The number of likely N-dealkylation sites (tertiary alicyclic amines) is 1. The molecule has 2 saturated heterocycles. The van der Waals surface area contributed by atoms with Crippen molar-refractivity contribution in [1.29, 1.82) is 0 Å². The van der Waals surface area contributed by atoms with Crippen molar-refractivity contribution < 1.29 is 4.79 Å². The van der Waals surface area contributed by atoms with Crippen molar-refractivity contribution in [2.75, 3.05) is 38.1 Å². The number of carbonyl (C=O) groups excluding carboxylic acids is 1. The van der Waals surface area contributed by atoms with Crippen molar-refractivity contribution >= 4 is 22.8 Å². The molecule has 0 bridgehead atoms. The lowest BCUT2D eigenvalue weighted by molar-refractivity contribution is 0.0713. The molecule has 0 radical (unpaired) electrons. The number of hydrogen-bond donors (Lipinski definition) is 1. The first kappa shape index (κ1) is 23.2. The van der Waals surface area contributed by atoms with Crippen molar-refractivity contribution in [2.24, 2.45) is 0 Å². The molecule has 7 nitrogen and oxygen atoms in total. The van der Waals surface area contributed by atoms with Crippen molar-refractivity contribution in [3.05, 3.63) is 82.3 Å². The van der Waals surface area contributed by atoms with E-state index < -0.39 is 0 Å². The van der Waals surface area contributed by atoms with E-state index in [1.807, 2.05) is 35.4 Å². The monoisotopic (exact) mass is 491 g/mol. The standard InChI is InChI=1S/C30H31N6O/c1-31-19-21-7-9-22(10-8-21)23-11-15-36(16-12-23)30(37)25-6-4-5-24(17-25)29-33-26-18-28(32-20-27(26)34-29)35-13-2-3-14-35/h4-10,17-18,20,23H,2-3,11-16H2,1H3,(H,33,34)/q+1. The van der Waals surface area contributed by atoms with E-state index in [0.29, 0.717) is 11.5 Å². The number of pyridine rings is 1. The van der Waals surface area contributed by atoms with Gasteiger partial charge in [-0.1, -0.05) is 29.1 Å². The van der Waals surface area contributed by atoms with Gasteiger partial charge in [-0.25, -0.2) is 9.97 Å². The van der Waals surface area contributed by atoms with Crippen LogP contribution in [-0.2, 0) is 0 Å². The van der Waals surface area contributed by atoms with E-state index in [-0.39, 0.29) is 5.91 Å². The Labute approximate surface area is 217 Å². The molecular weight excluding hydrogens is 460 g/mol. The lowest BCUT2D eigenvalue weighted by atomic mass is 9.89. The van der Waals surface area contributed by atoms with E-state index in [2.05, 4.69) is 56.1 Å². The van der Waals surface area contributed by atoms with Gasteiger partial charge in [-0.05, 0) is 61.4 Å². The van der Waals surface area contributed by atoms with Gasteiger partial charge in [-0.3, -0.25) is 4.79 Å². The van der Waals surface area contributed by atoms with Gasteiger partial charge in [-0.2, -0.15) is 0 Å². The Kier molecular flexibility index (Phi) is 6.32. The first-order valence-electron chi connectivity index (χ1n) is 13.1. The predicted octanol–water partition coefficient (Wildman–Crippen LogP) is 5.56. The number of aromatic nitrogens is 3. The summed E-state index contributed by atoms with van der Waals surface area (Å²) >= 11 is 0. The zero-order chi connectivity index (χ0) is 25.2. The molecule has 2 fully saturated rings. The number of piperidine rings is 1. The Morgan fingerprint density at radius 3 is 2.57 bits per heavy atom. The fourth-order valence-corrected chi connectivity index (χ4v) is 5.51. The van der Waals surface area contributed by atoms with Crippen LogP contribution in [-0.4, -0.2) is 59.0 Å². The molecule has 186 valence electrons. The largest absolute Gasteiger partial charge is 0.357 e. The molecular formula is C30H31N6O+. The molecule has 2 aromatic carbocycles. The summed E-state index contributed by atoms with van der Waals surface area (Å²) in [4.78, 5) is 34.5. The number of carbonyl (C=O) groups is 1. The Morgan fingerprint density at radius 2 is 1.81 bits per heavy atom. The van der Waals surface area contributed by atoms with E-state index in [0.717, 1.165) is 72.8 Å². The SMILES string of the molecule is C[N+]#Cc1ccc(C2CCN(C(=O)c3cccc(-c4nc5cc(N6CCCC6)ncc5[nH]4)c3)CC2)cc1. The summed E-state index contributed by atoms with van der Waals surface area (Å²) in [5.41, 5.74) is 5.73. The summed E-state index contributed by atoms with van der Waals surface area (Å²) in [6.45, 7) is 3.62. The number of H-pyrrole nitrogens is 1. The highest BCUT2D eigenvalue weighted by Gasteiger charge is 2.25. The molecule has 4 heterocycles. The summed E-state index contributed by atoms with van der Waals surface area (Å²) < 4.78 is 0. The fourth-order valence-electron chi connectivity index (χ4n) is 5.51. The van der Waals surface area contributed by atoms with Crippen LogP contribution >= 0.6 is 0 Å². The molecule has 1 N–H and O–H groups in total. The van der Waals surface area contributed by atoms with Crippen LogP contribution in [0, 0.1) is 6.07 Å². The third-order valence-electron chi connectivity index (χ3n) is 7.57. The fraction of sp³-hybridized carbons (Fsp3) is 0.333. The minimum atomic E-state index is 0.0819. The van der Waals surface area contributed by atoms with Crippen LogP contribution in [0.25, 0.3) is 27.3 Å². The number of nitrogens with one attached hydrogen (secondary N) is 1. The van der Waals surface area contributed by atoms with E-state index in [1.165, 1.54) is 18.4 Å². The average molecular weight is 492 g/mol. The summed E-state index contributed by atoms with van der Waals surface area (Å²) in [5, 5.41) is 0. The first-order valence-corrected chi connectivity index (χ1v) is 13.1. The zero-order valence-electron chi connectivity index (χ0n) is 21.2. The maximum Gasteiger partial charge on any atom is 0.310 e. The van der Waals surface area contributed by atoms with E-state index in [9.17, 15) is 4.79 Å². The Morgan fingerprint density at radius 1 is 1.03 bits per heavy atom. The third kappa shape index (κ3) is 4.79. The van der Waals surface area contributed by atoms with Crippen LogP contribution in [0.15, 0.2) is 60.8 Å². The van der Waals surface area contributed by atoms with Crippen molar-refractivity contribution in [2.45, 2.75) is 31.6 Å². The number of benzene rings is 2. The van der Waals surface area contributed by atoms with Crippen molar-refractivity contribution in [3.63, 3.8) is 0 Å². The quantitative estimate of drug-likeness (QED) is 0.406. The molecule has 0 atom stereocenters. The lowest BCUT2D eigenvalue weighted by Gasteiger charge is -2.32.